The van der Waals surface area contributed by atoms with Gasteiger partial charge in [-0.05, 0) is 51.8 Å². The normalized spacial score (nSPS) is 15.7. The van der Waals surface area contributed by atoms with Crippen LogP contribution in [0, 0.1) is 11.3 Å². The maximum absolute atomic E-state index is 14.6. The van der Waals surface area contributed by atoms with Gasteiger partial charge in [-0.15, -0.1) is 0 Å². The van der Waals surface area contributed by atoms with Gasteiger partial charge in [0.15, 0.2) is 0 Å². The molecule has 1 N–H and O–H groups in total. The maximum atomic E-state index is 14.6. The second-order valence-corrected chi connectivity index (χ2v) is 20.0. The fourth-order valence-corrected chi connectivity index (χ4v) is 6.44. The summed E-state index contributed by atoms with van der Waals surface area (Å²) in [6.45, 7) is 13.4. The van der Waals surface area contributed by atoms with Gasteiger partial charge >= 0.3 is 12.3 Å². The fraction of sp³-hybridized carbons (Fsp3) is 0.471. The van der Waals surface area contributed by atoms with E-state index >= 15 is 0 Å². The first-order chi connectivity index (χ1) is 23.0. The minimum atomic E-state index is -4.76. The van der Waals surface area contributed by atoms with Crippen LogP contribution in [0.3, 0.4) is 0 Å². The molecule has 4 heterocycles. The first-order valence-corrected chi connectivity index (χ1v) is 19.8. The quantitative estimate of drug-likeness (QED) is 0.139. The number of nitriles is 1. The van der Waals surface area contributed by atoms with E-state index in [4.69, 9.17) is 9.47 Å². The van der Waals surface area contributed by atoms with Gasteiger partial charge in [-0.1, -0.05) is 25.7 Å². The maximum Gasteiger partial charge on any atom is 0.419 e. The minimum absolute atomic E-state index is 0.00136. The molecule has 11 nitrogen and oxygen atoms in total. The number of amides is 1. The predicted octanol–water partition coefficient (Wildman–Crippen LogP) is 7.57. The molecule has 1 aromatic carbocycles. The van der Waals surface area contributed by atoms with E-state index in [1.54, 1.807) is 54.6 Å². The Bertz CT molecular complexity index is 1850. The van der Waals surface area contributed by atoms with Crippen LogP contribution in [0.25, 0.3) is 33.3 Å². The van der Waals surface area contributed by atoms with Crippen molar-refractivity contribution < 1.29 is 27.4 Å². The Labute approximate surface area is 284 Å². The molecule has 1 amide bonds. The monoisotopic (exact) mass is 694 g/mol. The molecule has 49 heavy (non-hydrogen) atoms. The highest BCUT2D eigenvalue weighted by Gasteiger charge is 2.37. The van der Waals surface area contributed by atoms with E-state index < -0.39 is 31.5 Å². The van der Waals surface area contributed by atoms with Crippen LogP contribution in [0.1, 0.15) is 44.7 Å². The van der Waals surface area contributed by atoms with E-state index in [0.29, 0.717) is 53.6 Å². The third kappa shape index (κ3) is 8.73. The summed E-state index contributed by atoms with van der Waals surface area (Å²) < 4.78 is 57.1. The molecule has 15 heteroatoms. The Balaban J connectivity index is 1.59. The van der Waals surface area contributed by atoms with Crippen molar-refractivity contribution in [1.82, 2.24) is 29.6 Å². The van der Waals surface area contributed by atoms with E-state index in [2.05, 4.69) is 51.2 Å². The van der Waals surface area contributed by atoms with Crippen molar-refractivity contribution in [2.24, 2.45) is 0 Å². The number of carbonyl (C=O) groups excluding carboxylic acids is 1. The summed E-state index contributed by atoms with van der Waals surface area (Å²) in [7, 11) is -1.42. The topological polar surface area (TPSA) is 131 Å². The number of fused-ring (bicyclic) bond motifs is 1. The molecule has 5 rings (SSSR count). The molecule has 4 aromatic rings. The number of hydrogen-bond acceptors (Lipinski definition) is 9. The van der Waals surface area contributed by atoms with Crippen molar-refractivity contribution in [3.8, 4) is 28.5 Å². The van der Waals surface area contributed by atoms with Crippen LogP contribution in [0.2, 0.25) is 25.7 Å². The molecular formula is C34H41F3N8O3Si. The summed E-state index contributed by atoms with van der Waals surface area (Å²) in [6, 6.07) is 7.72. The van der Waals surface area contributed by atoms with Crippen LogP contribution in [-0.2, 0) is 22.4 Å². The summed E-state index contributed by atoms with van der Waals surface area (Å²) >= 11 is 0. The number of alkyl halides is 3. The molecule has 0 radical (unpaired) electrons. The molecule has 1 saturated heterocycles. The Morgan fingerprint density at radius 3 is 2.57 bits per heavy atom. The van der Waals surface area contributed by atoms with Gasteiger partial charge in [0.05, 0.1) is 35.2 Å². The van der Waals surface area contributed by atoms with Crippen LogP contribution in [0.5, 0.6) is 0 Å². The molecule has 0 saturated carbocycles. The third-order valence-corrected chi connectivity index (χ3v) is 9.72. The van der Waals surface area contributed by atoms with Gasteiger partial charge in [-0.2, -0.15) is 28.6 Å². The standard InChI is InChI=1S/C34H41F3N8O3Si/c1-33(2,3)48-32(46)44-13-7-8-24(19-44)42-31-39-18-27(34(35,36)37)29(43-31)26-20-45(21-47-14-15-49(4,5)6)30-25(26)10-9-22(16-38)28(30)23-11-12-40-41-17-23/h9-12,17-18,20,24H,7-8,13-15,19,21H2,1-6H3,(H,39,42,43)/t24-/m0/s1. The van der Waals surface area contributed by atoms with E-state index in [0.717, 1.165) is 12.2 Å². The van der Waals surface area contributed by atoms with Crippen molar-refractivity contribution in [1.29, 1.82) is 5.26 Å². The Hall–Kier alpha value is -4.55. The molecule has 0 spiro atoms. The third-order valence-electron chi connectivity index (χ3n) is 8.02. The predicted molar refractivity (Wildman–Crippen MR) is 182 cm³/mol. The van der Waals surface area contributed by atoms with Crippen LogP contribution in [-0.4, -0.2) is 75.1 Å². The van der Waals surface area contributed by atoms with E-state index in [1.807, 2.05) is 0 Å². The smallest absolute Gasteiger partial charge is 0.419 e. The SMILES string of the molecule is CC(C)(C)OC(=O)N1CCC[C@H](Nc2ncc(C(F)(F)F)c(-c3cn(COCC[Si](C)(C)C)c4c(-c5ccnnc5)c(C#N)ccc34)n2)C1. The number of aromatic nitrogens is 5. The first-order valence-electron chi connectivity index (χ1n) is 16.1. The number of nitrogens with zero attached hydrogens (tertiary/aromatic N) is 7. The molecule has 1 atom stereocenters. The lowest BCUT2D eigenvalue weighted by molar-refractivity contribution is -0.137. The number of hydrogen-bond donors (Lipinski definition) is 1. The summed E-state index contributed by atoms with van der Waals surface area (Å²) in [5, 5.41) is 21.5. The van der Waals surface area contributed by atoms with Crippen molar-refractivity contribution in [3.63, 3.8) is 0 Å². The lowest BCUT2D eigenvalue weighted by Crippen LogP contribution is -2.47. The number of rotatable bonds is 9. The molecule has 1 aliphatic heterocycles. The Morgan fingerprint density at radius 2 is 1.92 bits per heavy atom. The fourth-order valence-electron chi connectivity index (χ4n) is 5.69. The van der Waals surface area contributed by atoms with Crippen molar-refractivity contribution in [2.75, 3.05) is 25.0 Å². The second-order valence-electron chi connectivity index (χ2n) is 14.4. The highest BCUT2D eigenvalue weighted by atomic mass is 28.3. The molecule has 0 bridgehead atoms. The van der Waals surface area contributed by atoms with Crippen molar-refractivity contribution in [3.05, 3.63) is 54.1 Å². The summed E-state index contributed by atoms with van der Waals surface area (Å²) in [4.78, 5) is 22.8. The van der Waals surface area contributed by atoms with Crippen molar-refractivity contribution in [2.45, 2.75) is 83.8 Å². The lowest BCUT2D eigenvalue weighted by Gasteiger charge is -2.34. The van der Waals surface area contributed by atoms with Crippen LogP contribution in [0.4, 0.5) is 23.9 Å². The molecule has 1 aliphatic rings. The van der Waals surface area contributed by atoms with E-state index in [1.165, 1.54) is 12.4 Å². The van der Waals surface area contributed by atoms with Gasteiger partial charge in [-0.3, -0.25) is 0 Å². The molecule has 0 unspecified atom stereocenters. The highest BCUT2D eigenvalue weighted by Crippen LogP contribution is 2.42. The molecule has 0 aliphatic carbocycles. The summed E-state index contributed by atoms with van der Waals surface area (Å²) in [6.07, 6.45) is 1.49. The molecular weight excluding hydrogens is 654 g/mol. The van der Waals surface area contributed by atoms with Gasteiger partial charge in [0.2, 0.25) is 5.95 Å². The summed E-state index contributed by atoms with van der Waals surface area (Å²) in [5.41, 5.74) is 0.125. The molecule has 3 aromatic heterocycles. The average molecular weight is 695 g/mol. The van der Waals surface area contributed by atoms with Gasteiger partial charge in [0.25, 0.3) is 0 Å². The Morgan fingerprint density at radius 1 is 1.14 bits per heavy atom. The zero-order valence-corrected chi connectivity index (χ0v) is 29.6. The zero-order chi connectivity index (χ0) is 35.6. The van der Waals surface area contributed by atoms with E-state index in [9.17, 15) is 23.2 Å². The average Bonchev–Trinajstić information content (AvgIpc) is 3.40. The first kappa shape index (κ1) is 35.7. The summed E-state index contributed by atoms with van der Waals surface area (Å²) in [5.74, 6) is -0.00136. The van der Waals surface area contributed by atoms with Crippen LogP contribution >= 0.6 is 0 Å². The van der Waals surface area contributed by atoms with Gasteiger partial charge in [0, 0.05) is 68.3 Å². The number of halogens is 3. The number of anilines is 1. The van der Waals surface area contributed by atoms with Crippen molar-refractivity contribution >= 4 is 31.0 Å². The molecule has 1 fully saturated rings. The van der Waals surface area contributed by atoms with E-state index in [-0.39, 0.29) is 36.5 Å². The minimum Gasteiger partial charge on any atom is -0.444 e. The van der Waals surface area contributed by atoms with Gasteiger partial charge in [-0.25, -0.2) is 14.8 Å². The highest BCUT2D eigenvalue weighted by molar-refractivity contribution is 6.76. The number of nitrogens with one attached hydrogen (secondary N) is 1. The number of likely N-dealkylation sites (tertiary alicyclic amines) is 1. The van der Waals surface area contributed by atoms with Crippen LogP contribution < -0.4 is 5.32 Å². The largest absolute Gasteiger partial charge is 0.444 e. The number of benzene rings is 1. The number of ether oxygens (including phenoxy) is 2. The number of carbonyl (C=O) groups is 1. The van der Waals surface area contributed by atoms with Gasteiger partial charge < -0.3 is 24.3 Å². The molecule has 260 valence electrons. The lowest BCUT2D eigenvalue weighted by atomic mass is 9.97. The number of piperidine rings is 1. The Kier molecular flexibility index (Phi) is 10.3. The second kappa shape index (κ2) is 14.1. The van der Waals surface area contributed by atoms with Gasteiger partial charge in [0.1, 0.15) is 17.9 Å². The zero-order valence-electron chi connectivity index (χ0n) is 28.6. The van der Waals surface area contributed by atoms with Crippen LogP contribution in [0.15, 0.2) is 43.0 Å².